The fourth-order valence-electron chi connectivity index (χ4n) is 2.75. The van der Waals surface area contributed by atoms with Gasteiger partial charge in [0.1, 0.15) is 5.60 Å². The standard InChI is InChI=1S/C16H19N3O2S/c1-2-12-9-17-15(22-12)19-14(20)18-10-16(21)8-7-11-5-3-4-6-13(11)16/h3-6,9,21H,2,7-8,10H2,1H3,(H2,17,18,19,20). The maximum Gasteiger partial charge on any atom is 0.321 e. The summed E-state index contributed by atoms with van der Waals surface area (Å²) in [6.45, 7) is 2.24. The number of thiazole rings is 1. The first-order chi connectivity index (χ1) is 10.6. The average Bonchev–Trinajstić information content (AvgIpc) is 3.11. The number of aromatic nitrogens is 1. The number of amides is 2. The van der Waals surface area contributed by atoms with Crippen molar-refractivity contribution in [3.05, 3.63) is 46.5 Å². The lowest BCUT2D eigenvalue weighted by Gasteiger charge is -2.24. The Morgan fingerprint density at radius 1 is 1.45 bits per heavy atom. The number of rotatable bonds is 4. The van der Waals surface area contributed by atoms with Crippen molar-refractivity contribution in [1.29, 1.82) is 0 Å². The lowest BCUT2D eigenvalue weighted by molar-refractivity contribution is 0.0417. The fourth-order valence-corrected chi connectivity index (χ4v) is 3.50. The number of carbonyl (C=O) groups excluding carboxylic acids is 1. The molecule has 1 aliphatic rings. The van der Waals surface area contributed by atoms with E-state index in [-0.39, 0.29) is 12.6 Å². The van der Waals surface area contributed by atoms with Crippen LogP contribution in [0.1, 0.15) is 29.3 Å². The van der Waals surface area contributed by atoms with Crippen molar-refractivity contribution in [2.24, 2.45) is 0 Å². The first-order valence-corrected chi connectivity index (χ1v) is 8.23. The molecule has 3 N–H and O–H groups in total. The fraction of sp³-hybridized carbons (Fsp3) is 0.375. The van der Waals surface area contributed by atoms with Gasteiger partial charge in [0.05, 0.1) is 6.54 Å². The van der Waals surface area contributed by atoms with E-state index < -0.39 is 5.60 Å². The summed E-state index contributed by atoms with van der Waals surface area (Å²) in [6.07, 6.45) is 4.13. The average molecular weight is 317 g/mol. The second-order valence-corrected chi connectivity index (χ2v) is 6.60. The lowest BCUT2D eigenvalue weighted by Crippen LogP contribution is -2.41. The second kappa shape index (κ2) is 6.06. The topological polar surface area (TPSA) is 74.2 Å². The number of benzene rings is 1. The minimum atomic E-state index is -0.981. The van der Waals surface area contributed by atoms with E-state index in [1.54, 1.807) is 6.20 Å². The predicted octanol–water partition coefficient (Wildman–Crippen LogP) is 2.66. The van der Waals surface area contributed by atoms with Gasteiger partial charge in [0.25, 0.3) is 0 Å². The number of aliphatic hydroxyl groups is 1. The molecule has 22 heavy (non-hydrogen) atoms. The summed E-state index contributed by atoms with van der Waals surface area (Å²) >= 11 is 1.46. The molecule has 0 spiro atoms. The highest BCUT2D eigenvalue weighted by Crippen LogP contribution is 2.36. The minimum absolute atomic E-state index is 0.196. The van der Waals surface area contributed by atoms with Gasteiger partial charge in [-0.25, -0.2) is 9.78 Å². The summed E-state index contributed by atoms with van der Waals surface area (Å²) in [5.41, 5.74) is 1.09. The van der Waals surface area contributed by atoms with Gasteiger partial charge in [-0.1, -0.05) is 31.2 Å². The van der Waals surface area contributed by atoms with Crippen molar-refractivity contribution in [2.75, 3.05) is 11.9 Å². The zero-order valence-electron chi connectivity index (χ0n) is 12.4. The third-order valence-electron chi connectivity index (χ3n) is 3.99. The van der Waals surface area contributed by atoms with E-state index in [0.717, 1.165) is 28.8 Å². The Kier molecular flexibility index (Phi) is 4.13. The van der Waals surface area contributed by atoms with Crippen molar-refractivity contribution in [2.45, 2.75) is 31.8 Å². The monoisotopic (exact) mass is 317 g/mol. The molecule has 0 radical (unpaired) electrons. The number of hydrogen-bond acceptors (Lipinski definition) is 4. The molecule has 0 fully saturated rings. The lowest BCUT2D eigenvalue weighted by atomic mass is 9.96. The van der Waals surface area contributed by atoms with Crippen LogP contribution in [0.5, 0.6) is 0 Å². The molecule has 0 bridgehead atoms. The van der Waals surface area contributed by atoms with Crippen molar-refractivity contribution in [3.63, 3.8) is 0 Å². The van der Waals surface area contributed by atoms with E-state index in [2.05, 4.69) is 15.6 Å². The molecule has 6 heteroatoms. The number of anilines is 1. The molecule has 1 aromatic heterocycles. The number of urea groups is 1. The molecule has 5 nitrogen and oxygen atoms in total. The van der Waals surface area contributed by atoms with Gasteiger partial charge in [-0.2, -0.15) is 0 Å². The molecule has 1 unspecified atom stereocenters. The van der Waals surface area contributed by atoms with Crippen LogP contribution in [0.25, 0.3) is 0 Å². The van der Waals surface area contributed by atoms with E-state index in [1.165, 1.54) is 11.3 Å². The molecule has 2 aromatic rings. The van der Waals surface area contributed by atoms with Crippen LogP contribution in [-0.2, 0) is 18.4 Å². The number of nitrogens with zero attached hydrogens (tertiary/aromatic N) is 1. The molecule has 0 aliphatic heterocycles. The molecule has 3 rings (SSSR count). The highest BCUT2D eigenvalue weighted by Gasteiger charge is 2.36. The van der Waals surface area contributed by atoms with Gasteiger partial charge in [-0.3, -0.25) is 5.32 Å². The SMILES string of the molecule is CCc1cnc(NC(=O)NCC2(O)CCc3ccccc32)s1. The Hall–Kier alpha value is -1.92. The molecule has 1 atom stereocenters. The summed E-state index contributed by atoms with van der Waals surface area (Å²) in [4.78, 5) is 17.2. The Balaban J connectivity index is 1.59. The molecular formula is C16H19N3O2S. The molecule has 116 valence electrons. The Bertz CT molecular complexity index is 686. The van der Waals surface area contributed by atoms with E-state index in [4.69, 9.17) is 0 Å². The third kappa shape index (κ3) is 2.98. The van der Waals surface area contributed by atoms with Crippen molar-refractivity contribution in [3.8, 4) is 0 Å². The van der Waals surface area contributed by atoms with Crippen molar-refractivity contribution in [1.82, 2.24) is 10.3 Å². The zero-order chi connectivity index (χ0) is 15.6. The summed E-state index contributed by atoms with van der Waals surface area (Å²) in [7, 11) is 0. The highest BCUT2D eigenvalue weighted by atomic mass is 32.1. The zero-order valence-corrected chi connectivity index (χ0v) is 13.2. The van der Waals surface area contributed by atoms with E-state index in [1.807, 2.05) is 31.2 Å². The Labute approximate surface area is 133 Å². The van der Waals surface area contributed by atoms with Crippen LogP contribution in [0, 0.1) is 0 Å². The molecular weight excluding hydrogens is 298 g/mol. The molecule has 1 heterocycles. The van der Waals surface area contributed by atoms with E-state index in [0.29, 0.717) is 11.6 Å². The van der Waals surface area contributed by atoms with E-state index >= 15 is 0 Å². The molecule has 1 aromatic carbocycles. The Morgan fingerprint density at radius 3 is 3.05 bits per heavy atom. The number of hydrogen-bond donors (Lipinski definition) is 3. The van der Waals surface area contributed by atoms with Crippen LogP contribution in [0.2, 0.25) is 0 Å². The maximum absolute atomic E-state index is 12.0. The number of carbonyl (C=O) groups is 1. The quantitative estimate of drug-likeness (QED) is 0.811. The number of nitrogens with one attached hydrogen (secondary N) is 2. The van der Waals surface area contributed by atoms with Gasteiger partial charge in [0.15, 0.2) is 5.13 Å². The first-order valence-electron chi connectivity index (χ1n) is 7.41. The summed E-state index contributed by atoms with van der Waals surface area (Å²) in [5, 5.41) is 16.8. The van der Waals surface area contributed by atoms with E-state index in [9.17, 15) is 9.90 Å². The van der Waals surface area contributed by atoms with Gasteiger partial charge in [-0.15, -0.1) is 11.3 Å². The van der Waals surface area contributed by atoms with Gasteiger partial charge >= 0.3 is 6.03 Å². The normalized spacial score (nSPS) is 19.7. The number of aryl methyl sites for hydroxylation is 2. The third-order valence-corrected chi connectivity index (χ3v) is 5.05. The molecule has 2 amide bonds. The van der Waals surface area contributed by atoms with Crippen LogP contribution < -0.4 is 10.6 Å². The van der Waals surface area contributed by atoms with Crippen LogP contribution in [-0.4, -0.2) is 22.7 Å². The summed E-state index contributed by atoms with van der Waals surface area (Å²) in [5.74, 6) is 0. The summed E-state index contributed by atoms with van der Waals surface area (Å²) in [6, 6.07) is 7.50. The van der Waals surface area contributed by atoms with Gasteiger partial charge in [0.2, 0.25) is 0 Å². The highest BCUT2D eigenvalue weighted by molar-refractivity contribution is 7.15. The predicted molar refractivity (Wildman–Crippen MR) is 87.2 cm³/mol. The van der Waals surface area contributed by atoms with Gasteiger partial charge in [-0.05, 0) is 30.4 Å². The maximum atomic E-state index is 12.0. The van der Waals surface area contributed by atoms with Crippen LogP contribution in [0.15, 0.2) is 30.5 Å². The molecule has 1 aliphatic carbocycles. The number of fused-ring (bicyclic) bond motifs is 1. The summed E-state index contributed by atoms with van der Waals surface area (Å²) < 4.78 is 0. The molecule has 0 saturated carbocycles. The van der Waals surface area contributed by atoms with Gasteiger partial charge < -0.3 is 10.4 Å². The smallest absolute Gasteiger partial charge is 0.321 e. The molecule has 0 saturated heterocycles. The minimum Gasteiger partial charge on any atom is -0.383 e. The second-order valence-electron chi connectivity index (χ2n) is 5.48. The van der Waals surface area contributed by atoms with Gasteiger partial charge in [0, 0.05) is 11.1 Å². The van der Waals surface area contributed by atoms with Crippen LogP contribution in [0.3, 0.4) is 0 Å². The van der Waals surface area contributed by atoms with Crippen molar-refractivity contribution < 1.29 is 9.90 Å². The Morgan fingerprint density at radius 2 is 2.27 bits per heavy atom. The first kappa shape index (κ1) is 15.0. The van der Waals surface area contributed by atoms with Crippen LogP contribution >= 0.6 is 11.3 Å². The largest absolute Gasteiger partial charge is 0.383 e. The van der Waals surface area contributed by atoms with Crippen molar-refractivity contribution >= 4 is 22.5 Å². The van der Waals surface area contributed by atoms with Crippen LogP contribution in [0.4, 0.5) is 9.93 Å².